The van der Waals surface area contributed by atoms with Crippen molar-refractivity contribution in [2.24, 2.45) is 0 Å². The Balaban J connectivity index is 2.10. The molecule has 0 bridgehead atoms. The fraction of sp³-hybridized carbons (Fsp3) is 0.909. The number of halogens is 1. The van der Waals surface area contributed by atoms with Crippen LogP contribution in [0.2, 0.25) is 0 Å². The van der Waals surface area contributed by atoms with Gasteiger partial charge in [-0.05, 0) is 32.6 Å². The lowest BCUT2D eigenvalue weighted by molar-refractivity contribution is -0.142. The summed E-state index contributed by atoms with van der Waals surface area (Å²) in [5.74, 6) is 0.269. The van der Waals surface area contributed by atoms with Gasteiger partial charge in [0.1, 0.15) is 0 Å². The van der Waals surface area contributed by atoms with E-state index in [0.29, 0.717) is 0 Å². The van der Waals surface area contributed by atoms with Gasteiger partial charge in [-0.3, -0.25) is 4.79 Å². The maximum atomic E-state index is 12.1. The number of likely N-dealkylation sites (tertiary alicyclic amines) is 1. The van der Waals surface area contributed by atoms with Crippen LogP contribution in [0.25, 0.3) is 0 Å². The second kappa shape index (κ2) is 4.42. The number of nitrogens with zero attached hydrogens (tertiary/aromatic N) is 1. The molecule has 2 rings (SSSR count). The molecule has 1 amide bonds. The molecular formula is C11H18BrNO2. The number of amides is 1. The first-order valence-electron chi connectivity index (χ1n) is 5.67. The Labute approximate surface area is 99.3 Å². The Kier molecular flexibility index (Phi) is 3.36. The summed E-state index contributed by atoms with van der Waals surface area (Å²) < 4.78 is 5.37. The largest absolute Gasteiger partial charge is 0.381 e. The summed E-state index contributed by atoms with van der Waals surface area (Å²) in [5, 5.41) is 0. The predicted molar refractivity (Wildman–Crippen MR) is 62.1 cm³/mol. The molecule has 2 fully saturated rings. The van der Waals surface area contributed by atoms with Crippen LogP contribution in [-0.4, -0.2) is 40.9 Å². The molecule has 1 unspecified atom stereocenters. The molecule has 0 saturated carbocycles. The van der Waals surface area contributed by atoms with Crippen LogP contribution in [0.5, 0.6) is 0 Å². The Morgan fingerprint density at radius 2 is 2.13 bits per heavy atom. The van der Waals surface area contributed by atoms with Gasteiger partial charge in [0.2, 0.25) is 5.91 Å². The van der Waals surface area contributed by atoms with Gasteiger partial charge in [0.25, 0.3) is 0 Å². The Morgan fingerprint density at radius 1 is 1.47 bits per heavy atom. The molecule has 0 aromatic rings. The maximum Gasteiger partial charge on any atom is 0.236 e. The van der Waals surface area contributed by atoms with Crippen LogP contribution in [0.1, 0.15) is 32.6 Å². The smallest absolute Gasteiger partial charge is 0.236 e. The number of rotatable bonds is 1. The third-order valence-corrected chi connectivity index (χ3v) is 4.44. The number of carbonyl (C=O) groups is 1. The van der Waals surface area contributed by atoms with Gasteiger partial charge in [-0.15, -0.1) is 0 Å². The predicted octanol–water partition coefficient (Wildman–Crippen LogP) is 1.94. The van der Waals surface area contributed by atoms with Gasteiger partial charge >= 0.3 is 0 Å². The minimum absolute atomic E-state index is 0.0295. The molecule has 0 spiro atoms. The molecule has 1 atom stereocenters. The first-order valence-corrected chi connectivity index (χ1v) is 6.58. The van der Waals surface area contributed by atoms with Crippen molar-refractivity contribution < 1.29 is 9.53 Å². The quantitative estimate of drug-likeness (QED) is 0.685. The van der Waals surface area contributed by atoms with Crippen LogP contribution < -0.4 is 0 Å². The number of alkyl halides is 1. The molecule has 4 heteroatoms. The highest BCUT2D eigenvalue weighted by Gasteiger charge is 2.40. The normalized spacial score (nSPS) is 31.7. The SMILES string of the molecule is CC1(N2CCCC(Br)C2=O)CCOCC1. The van der Waals surface area contributed by atoms with Crippen molar-refractivity contribution in [2.45, 2.75) is 43.0 Å². The average molecular weight is 276 g/mol. The van der Waals surface area contributed by atoms with E-state index >= 15 is 0 Å². The zero-order valence-electron chi connectivity index (χ0n) is 9.17. The topological polar surface area (TPSA) is 29.5 Å². The number of ether oxygens (including phenoxy) is 1. The second-order valence-electron chi connectivity index (χ2n) is 4.71. The van der Waals surface area contributed by atoms with Crippen LogP contribution in [0, 0.1) is 0 Å². The molecule has 2 aliphatic rings. The van der Waals surface area contributed by atoms with Gasteiger partial charge in [-0.25, -0.2) is 0 Å². The standard InChI is InChI=1S/C11H18BrNO2/c1-11(4-7-15-8-5-11)13-6-2-3-9(12)10(13)14/h9H,2-8H2,1H3. The molecule has 2 saturated heterocycles. The lowest BCUT2D eigenvalue weighted by Crippen LogP contribution is -2.56. The van der Waals surface area contributed by atoms with E-state index in [4.69, 9.17) is 4.74 Å². The van der Waals surface area contributed by atoms with Gasteiger partial charge in [0.15, 0.2) is 0 Å². The fourth-order valence-electron chi connectivity index (χ4n) is 2.45. The van der Waals surface area contributed by atoms with E-state index < -0.39 is 0 Å². The van der Waals surface area contributed by atoms with E-state index in [-0.39, 0.29) is 16.3 Å². The molecule has 2 aliphatic heterocycles. The Hall–Kier alpha value is -0.0900. The zero-order chi connectivity index (χ0) is 10.9. The van der Waals surface area contributed by atoms with Gasteiger partial charge in [-0.2, -0.15) is 0 Å². The summed E-state index contributed by atoms with van der Waals surface area (Å²) in [7, 11) is 0. The lowest BCUT2D eigenvalue weighted by Gasteiger charge is -2.46. The lowest BCUT2D eigenvalue weighted by atomic mass is 9.88. The van der Waals surface area contributed by atoms with E-state index in [0.717, 1.165) is 45.4 Å². The number of carbonyl (C=O) groups excluding carboxylic acids is 1. The van der Waals surface area contributed by atoms with Crippen molar-refractivity contribution in [1.29, 1.82) is 0 Å². The van der Waals surface area contributed by atoms with Crippen molar-refractivity contribution >= 4 is 21.8 Å². The average Bonchev–Trinajstić information content (AvgIpc) is 2.23. The Bertz CT molecular complexity index is 251. The highest BCUT2D eigenvalue weighted by molar-refractivity contribution is 9.10. The van der Waals surface area contributed by atoms with Crippen molar-refractivity contribution in [2.75, 3.05) is 19.8 Å². The molecule has 0 aromatic heterocycles. The molecule has 0 aliphatic carbocycles. The molecule has 0 radical (unpaired) electrons. The molecule has 2 heterocycles. The first-order chi connectivity index (χ1) is 7.13. The minimum atomic E-state index is 0.0295. The van der Waals surface area contributed by atoms with Crippen molar-refractivity contribution in [3.8, 4) is 0 Å². The second-order valence-corrected chi connectivity index (χ2v) is 5.81. The molecule has 0 N–H and O–H groups in total. The zero-order valence-corrected chi connectivity index (χ0v) is 10.8. The van der Waals surface area contributed by atoms with Crippen LogP contribution in [0.4, 0.5) is 0 Å². The summed E-state index contributed by atoms with van der Waals surface area (Å²) in [4.78, 5) is 14.2. The highest BCUT2D eigenvalue weighted by atomic mass is 79.9. The van der Waals surface area contributed by atoms with Crippen LogP contribution in [0.15, 0.2) is 0 Å². The Morgan fingerprint density at radius 3 is 2.80 bits per heavy atom. The molecule has 86 valence electrons. The monoisotopic (exact) mass is 275 g/mol. The maximum absolute atomic E-state index is 12.1. The first kappa shape index (κ1) is 11.4. The van der Waals surface area contributed by atoms with E-state index in [1.54, 1.807) is 0 Å². The third-order valence-electron chi connectivity index (χ3n) is 3.59. The van der Waals surface area contributed by atoms with Crippen molar-refractivity contribution in [3.63, 3.8) is 0 Å². The molecule has 15 heavy (non-hydrogen) atoms. The van der Waals surface area contributed by atoms with Gasteiger partial charge in [-0.1, -0.05) is 15.9 Å². The number of hydrogen-bond donors (Lipinski definition) is 0. The molecule has 3 nitrogen and oxygen atoms in total. The molecule has 0 aromatic carbocycles. The molecular weight excluding hydrogens is 258 g/mol. The summed E-state index contributed by atoms with van der Waals surface area (Å²) in [5.41, 5.74) is 0.0295. The van der Waals surface area contributed by atoms with Crippen molar-refractivity contribution in [1.82, 2.24) is 4.90 Å². The number of hydrogen-bond acceptors (Lipinski definition) is 2. The van der Waals surface area contributed by atoms with Gasteiger partial charge in [0, 0.05) is 25.3 Å². The van der Waals surface area contributed by atoms with E-state index in [1.165, 1.54) is 0 Å². The minimum Gasteiger partial charge on any atom is -0.381 e. The van der Waals surface area contributed by atoms with E-state index in [9.17, 15) is 4.79 Å². The van der Waals surface area contributed by atoms with Gasteiger partial charge in [0.05, 0.1) is 4.83 Å². The van der Waals surface area contributed by atoms with Gasteiger partial charge < -0.3 is 9.64 Å². The summed E-state index contributed by atoms with van der Waals surface area (Å²) in [6, 6.07) is 0. The summed E-state index contributed by atoms with van der Waals surface area (Å²) in [6.45, 7) is 4.68. The van der Waals surface area contributed by atoms with E-state index in [1.807, 2.05) is 0 Å². The number of piperidine rings is 1. The van der Waals surface area contributed by atoms with Crippen LogP contribution in [0.3, 0.4) is 0 Å². The fourth-order valence-corrected chi connectivity index (χ4v) is 3.02. The van der Waals surface area contributed by atoms with Crippen molar-refractivity contribution in [3.05, 3.63) is 0 Å². The van der Waals surface area contributed by atoms with Crippen LogP contribution >= 0.6 is 15.9 Å². The summed E-state index contributed by atoms with van der Waals surface area (Å²) >= 11 is 3.46. The van der Waals surface area contributed by atoms with Crippen LogP contribution in [-0.2, 0) is 9.53 Å². The van der Waals surface area contributed by atoms with E-state index in [2.05, 4.69) is 27.8 Å². The highest BCUT2D eigenvalue weighted by Crippen LogP contribution is 2.32. The third kappa shape index (κ3) is 2.21. The summed E-state index contributed by atoms with van der Waals surface area (Å²) in [6.07, 6.45) is 4.02.